The normalized spacial score (nSPS) is 10.7. The van der Waals surface area contributed by atoms with Crippen LogP contribution in [0, 0.1) is 5.82 Å². The van der Waals surface area contributed by atoms with Crippen LogP contribution in [0.1, 0.15) is 17.5 Å². The Balaban J connectivity index is 2.70. The van der Waals surface area contributed by atoms with Gasteiger partial charge in [-0.3, -0.25) is 4.79 Å². The molecule has 0 saturated heterocycles. The summed E-state index contributed by atoms with van der Waals surface area (Å²) in [5.41, 5.74) is 0.892. The molecule has 0 aliphatic heterocycles. The fraction of sp³-hybridized carbons (Fsp3) is 0.250. The number of carbonyl (C=O) groups is 1. The Kier molecular flexibility index (Phi) is 4.66. The number of carbonyl (C=O) groups excluding carboxylic acids is 1. The topological polar surface area (TPSA) is 46.5 Å². The van der Waals surface area contributed by atoms with E-state index in [9.17, 15) is 9.18 Å². The summed E-state index contributed by atoms with van der Waals surface area (Å²) in [6.45, 7) is -0.191. The minimum atomic E-state index is -0.423. The predicted molar refractivity (Wildman–Crippen MR) is 58.0 cm³/mol. The number of hydrogen-bond donors (Lipinski definition) is 1. The highest BCUT2D eigenvalue weighted by Gasteiger charge is 2.00. The molecule has 0 amide bonds. The van der Waals surface area contributed by atoms with Crippen molar-refractivity contribution in [3.63, 3.8) is 0 Å². The Bertz CT molecular complexity index is 399. The maximum Gasteiger partial charge on any atom is 0.309 e. The molecule has 86 valence electrons. The summed E-state index contributed by atoms with van der Waals surface area (Å²) in [7, 11) is 1.30. The summed E-state index contributed by atoms with van der Waals surface area (Å²) in [5, 5.41) is 8.79. The Morgan fingerprint density at radius 1 is 1.56 bits per heavy atom. The lowest BCUT2D eigenvalue weighted by Crippen LogP contribution is -1.96. The Labute approximate surface area is 93.2 Å². The standard InChI is InChI=1S/C12H13FO3/c1-16-12(15)4-2-3-10-6-5-9(8-14)7-11(10)13/h2-3,5-7,14H,4,8H2,1H3. The van der Waals surface area contributed by atoms with E-state index >= 15 is 0 Å². The molecule has 0 aliphatic carbocycles. The molecule has 0 saturated carbocycles. The van der Waals surface area contributed by atoms with Gasteiger partial charge in [0.05, 0.1) is 20.1 Å². The van der Waals surface area contributed by atoms with E-state index in [1.165, 1.54) is 25.3 Å². The zero-order valence-corrected chi connectivity index (χ0v) is 8.94. The van der Waals surface area contributed by atoms with E-state index in [0.29, 0.717) is 11.1 Å². The summed E-state index contributed by atoms with van der Waals surface area (Å²) in [6.07, 6.45) is 3.15. The van der Waals surface area contributed by atoms with Gasteiger partial charge in [0.25, 0.3) is 0 Å². The van der Waals surface area contributed by atoms with Crippen LogP contribution in [0.4, 0.5) is 4.39 Å². The van der Waals surface area contributed by atoms with Gasteiger partial charge in [0.2, 0.25) is 0 Å². The third-order valence-electron chi connectivity index (χ3n) is 2.06. The molecule has 0 spiro atoms. The van der Waals surface area contributed by atoms with E-state index in [1.807, 2.05) is 0 Å². The van der Waals surface area contributed by atoms with Crippen LogP contribution in [0.15, 0.2) is 24.3 Å². The number of aliphatic hydroxyl groups is 1. The van der Waals surface area contributed by atoms with Gasteiger partial charge in [-0.2, -0.15) is 0 Å². The highest BCUT2D eigenvalue weighted by molar-refractivity contribution is 5.72. The fourth-order valence-electron chi connectivity index (χ4n) is 1.17. The minimum Gasteiger partial charge on any atom is -0.469 e. The molecule has 0 aliphatic rings. The molecule has 1 aromatic carbocycles. The van der Waals surface area contributed by atoms with E-state index in [4.69, 9.17) is 5.11 Å². The summed E-state index contributed by atoms with van der Waals surface area (Å²) >= 11 is 0. The van der Waals surface area contributed by atoms with E-state index in [-0.39, 0.29) is 19.0 Å². The molecule has 0 atom stereocenters. The van der Waals surface area contributed by atoms with Crippen LogP contribution >= 0.6 is 0 Å². The lowest BCUT2D eigenvalue weighted by molar-refractivity contribution is -0.139. The van der Waals surface area contributed by atoms with Crippen molar-refractivity contribution in [3.05, 3.63) is 41.2 Å². The molecule has 16 heavy (non-hydrogen) atoms. The first-order valence-corrected chi connectivity index (χ1v) is 4.80. The first-order chi connectivity index (χ1) is 7.67. The lowest BCUT2D eigenvalue weighted by atomic mass is 10.1. The van der Waals surface area contributed by atoms with Crippen LogP contribution < -0.4 is 0 Å². The van der Waals surface area contributed by atoms with Gasteiger partial charge in [-0.15, -0.1) is 0 Å². The minimum absolute atomic E-state index is 0.109. The van der Waals surface area contributed by atoms with Crippen molar-refractivity contribution in [2.45, 2.75) is 13.0 Å². The molecule has 1 aromatic rings. The van der Waals surface area contributed by atoms with Crippen molar-refractivity contribution in [1.29, 1.82) is 0 Å². The molecular weight excluding hydrogens is 211 g/mol. The number of esters is 1. The highest BCUT2D eigenvalue weighted by atomic mass is 19.1. The fourth-order valence-corrected chi connectivity index (χ4v) is 1.17. The SMILES string of the molecule is COC(=O)CC=Cc1ccc(CO)cc1F. The van der Waals surface area contributed by atoms with Gasteiger partial charge in [-0.05, 0) is 11.6 Å². The molecule has 4 heteroatoms. The highest BCUT2D eigenvalue weighted by Crippen LogP contribution is 2.12. The Morgan fingerprint density at radius 2 is 2.31 bits per heavy atom. The van der Waals surface area contributed by atoms with Crippen molar-refractivity contribution in [2.75, 3.05) is 7.11 Å². The summed E-state index contributed by atoms with van der Waals surface area (Å²) in [6, 6.07) is 4.44. The van der Waals surface area contributed by atoms with Crippen LogP contribution in [0.5, 0.6) is 0 Å². The van der Waals surface area contributed by atoms with Crippen molar-refractivity contribution in [2.24, 2.45) is 0 Å². The first kappa shape index (κ1) is 12.4. The summed E-state index contributed by atoms with van der Waals surface area (Å²) in [4.78, 5) is 10.8. The van der Waals surface area contributed by atoms with Crippen molar-refractivity contribution < 1.29 is 19.0 Å². The smallest absolute Gasteiger partial charge is 0.309 e. The van der Waals surface area contributed by atoms with Gasteiger partial charge >= 0.3 is 5.97 Å². The molecule has 1 rings (SSSR count). The molecular formula is C12H13FO3. The quantitative estimate of drug-likeness (QED) is 0.794. The maximum absolute atomic E-state index is 13.4. The number of rotatable bonds is 4. The van der Waals surface area contributed by atoms with Crippen LogP contribution in [0.2, 0.25) is 0 Å². The third kappa shape index (κ3) is 3.47. The van der Waals surface area contributed by atoms with Crippen LogP contribution in [-0.2, 0) is 16.1 Å². The van der Waals surface area contributed by atoms with E-state index in [0.717, 1.165) is 0 Å². The van der Waals surface area contributed by atoms with Gasteiger partial charge in [0, 0.05) is 5.56 Å². The summed E-state index contributed by atoms with van der Waals surface area (Å²) in [5.74, 6) is -0.795. The van der Waals surface area contributed by atoms with Gasteiger partial charge in [-0.25, -0.2) is 4.39 Å². The van der Waals surface area contributed by atoms with E-state index < -0.39 is 5.82 Å². The largest absolute Gasteiger partial charge is 0.469 e. The van der Waals surface area contributed by atoms with Crippen molar-refractivity contribution in [3.8, 4) is 0 Å². The number of ether oxygens (including phenoxy) is 1. The van der Waals surface area contributed by atoms with Crippen molar-refractivity contribution >= 4 is 12.0 Å². The second kappa shape index (κ2) is 6.02. The number of methoxy groups -OCH3 is 1. The zero-order valence-electron chi connectivity index (χ0n) is 8.94. The van der Waals surface area contributed by atoms with Gasteiger partial charge in [-0.1, -0.05) is 24.3 Å². The maximum atomic E-state index is 13.4. The Hall–Kier alpha value is -1.68. The molecule has 0 aromatic heterocycles. The lowest BCUT2D eigenvalue weighted by Gasteiger charge is -2.00. The number of benzene rings is 1. The number of hydrogen-bond acceptors (Lipinski definition) is 3. The number of aliphatic hydroxyl groups excluding tert-OH is 1. The van der Waals surface area contributed by atoms with Gasteiger partial charge < -0.3 is 9.84 Å². The average molecular weight is 224 g/mol. The zero-order chi connectivity index (χ0) is 12.0. The Morgan fingerprint density at radius 3 is 2.88 bits per heavy atom. The monoisotopic (exact) mass is 224 g/mol. The van der Waals surface area contributed by atoms with Gasteiger partial charge in [0.1, 0.15) is 5.82 Å². The van der Waals surface area contributed by atoms with E-state index in [1.54, 1.807) is 12.1 Å². The molecule has 0 bridgehead atoms. The summed E-state index contributed by atoms with van der Waals surface area (Å²) < 4.78 is 17.8. The van der Waals surface area contributed by atoms with Crippen LogP contribution in [-0.4, -0.2) is 18.2 Å². The second-order valence-corrected chi connectivity index (χ2v) is 3.20. The molecule has 0 heterocycles. The second-order valence-electron chi connectivity index (χ2n) is 3.20. The molecule has 1 N–H and O–H groups in total. The first-order valence-electron chi connectivity index (χ1n) is 4.80. The molecule has 0 fully saturated rings. The van der Waals surface area contributed by atoms with Gasteiger partial charge in [0.15, 0.2) is 0 Å². The molecule has 0 unspecified atom stereocenters. The van der Waals surface area contributed by atoms with Crippen LogP contribution in [0.3, 0.4) is 0 Å². The molecule has 3 nitrogen and oxygen atoms in total. The average Bonchev–Trinajstić information content (AvgIpc) is 2.30. The number of halogens is 1. The third-order valence-corrected chi connectivity index (χ3v) is 2.06. The predicted octanol–water partition coefficient (Wildman–Crippen LogP) is 1.89. The van der Waals surface area contributed by atoms with Crippen molar-refractivity contribution in [1.82, 2.24) is 0 Å². The van der Waals surface area contributed by atoms with E-state index in [2.05, 4.69) is 4.74 Å². The van der Waals surface area contributed by atoms with Crippen LogP contribution in [0.25, 0.3) is 6.08 Å². The molecule has 0 radical (unpaired) electrons.